The lowest BCUT2D eigenvalue weighted by Crippen LogP contribution is -2.42. The summed E-state index contributed by atoms with van der Waals surface area (Å²) in [5.41, 5.74) is 0. The average molecular weight is 280 g/mol. The van der Waals surface area contributed by atoms with Crippen molar-refractivity contribution in [2.75, 3.05) is 19.0 Å². The van der Waals surface area contributed by atoms with Crippen LogP contribution in [0.25, 0.3) is 0 Å². The van der Waals surface area contributed by atoms with Crippen molar-refractivity contribution in [3.63, 3.8) is 0 Å². The highest BCUT2D eigenvalue weighted by molar-refractivity contribution is 7.80. The highest BCUT2D eigenvalue weighted by Crippen LogP contribution is 2.09. The largest absolute Gasteiger partial charge is 0.394 e. The van der Waals surface area contributed by atoms with E-state index in [1.807, 2.05) is 0 Å². The van der Waals surface area contributed by atoms with Crippen LogP contribution in [0.3, 0.4) is 0 Å². The van der Waals surface area contributed by atoms with Crippen LogP contribution in [0.4, 0.5) is 0 Å². The van der Waals surface area contributed by atoms with Gasteiger partial charge in [-0.15, -0.1) is 0 Å². The molecule has 0 aromatic carbocycles. The van der Waals surface area contributed by atoms with Gasteiger partial charge in [0.25, 0.3) is 0 Å². The highest BCUT2D eigenvalue weighted by Gasteiger charge is 2.25. The minimum atomic E-state index is -1.16. The van der Waals surface area contributed by atoms with Crippen molar-refractivity contribution in [2.24, 2.45) is 0 Å². The standard InChI is InChI=1S/C13H28O4S/c1-2-3-4-5-6-7-8-17-12(10-18)13(16)11(15)9-14/h11-16,18H,2-10H2,1H3/t11-,12-,13+/m1/s1. The third-order valence-electron chi connectivity index (χ3n) is 2.97. The van der Waals surface area contributed by atoms with Crippen LogP contribution >= 0.6 is 12.6 Å². The molecule has 4 nitrogen and oxygen atoms in total. The second-order valence-corrected chi connectivity index (χ2v) is 4.97. The summed E-state index contributed by atoms with van der Waals surface area (Å²) in [6.07, 6.45) is 4.31. The van der Waals surface area contributed by atoms with Gasteiger partial charge in [-0.2, -0.15) is 12.6 Å². The van der Waals surface area contributed by atoms with Crippen molar-refractivity contribution >= 4 is 12.6 Å². The van der Waals surface area contributed by atoms with Crippen LogP contribution in [0.15, 0.2) is 0 Å². The molecule has 0 aliphatic carbocycles. The first kappa shape index (κ1) is 18.2. The molecule has 3 atom stereocenters. The number of ether oxygens (including phenoxy) is 1. The van der Waals surface area contributed by atoms with E-state index in [1.165, 1.54) is 25.7 Å². The molecule has 0 fully saturated rings. The molecule has 0 aromatic rings. The molecule has 0 heterocycles. The SMILES string of the molecule is CCCCCCCCO[C@H](CS)[C@@H](O)[C@H](O)CO. The summed E-state index contributed by atoms with van der Waals surface area (Å²) in [4.78, 5) is 0. The lowest BCUT2D eigenvalue weighted by atomic mass is 10.1. The van der Waals surface area contributed by atoms with E-state index in [9.17, 15) is 10.2 Å². The maximum atomic E-state index is 9.67. The lowest BCUT2D eigenvalue weighted by Gasteiger charge is -2.24. The Morgan fingerprint density at radius 2 is 1.67 bits per heavy atom. The predicted molar refractivity (Wildman–Crippen MR) is 76.1 cm³/mol. The van der Waals surface area contributed by atoms with E-state index in [0.717, 1.165) is 12.8 Å². The summed E-state index contributed by atoms with van der Waals surface area (Å²) >= 11 is 4.08. The molecule has 0 aliphatic heterocycles. The first-order valence-corrected chi connectivity index (χ1v) is 7.50. The molecule has 0 rings (SSSR count). The summed E-state index contributed by atoms with van der Waals surface area (Å²) in [7, 11) is 0. The Morgan fingerprint density at radius 3 is 2.22 bits per heavy atom. The number of aliphatic hydroxyl groups is 3. The zero-order chi connectivity index (χ0) is 13.8. The van der Waals surface area contributed by atoms with E-state index < -0.39 is 24.9 Å². The van der Waals surface area contributed by atoms with Gasteiger partial charge in [-0.25, -0.2) is 0 Å². The Labute approximate surface area is 116 Å². The monoisotopic (exact) mass is 280 g/mol. The minimum Gasteiger partial charge on any atom is -0.394 e. The molecule has 3 N–H and O–H groups in total. The summed E-state index contributed by atoms with van der Waals surface area (Å²) < 4.78 is 5.49. The topological polar surface area (TPSA) is 69.9 Å². The smallest absolute Gasteiger partial charge is 0.109 e. The van der Waals surface area contributed by atoms with E-state index in [-0.39, 0.29) is 0 Å². The third kappa shape index (κ3) is 8.32. The molecule has 0 bridgehead atoms. The molecular weight excluding hydrogens is 252 g/mol. The fourth-order valence-electron chi connectivity index (χ4n) is 1.73. The summed E-state index contributed by atoms with van der Waals surface area (Å²) in [6, 6.07) is 0. The Kier molecular flexibility index (Phi) is 12.4. The van der Waals surface area contributed by atoms with Gasteiger partial charge in [0, 0.05) is 12.4 Å². The first-order chi connectivity index (χ1) is 8.67. The van der Waals surface area contributed by atoms with Crippen LogP contribution in [-0.2, 0) is 4.74 Å². The van der Waals surface area contributed by atoms with Crippen LogP contribution in [0, 0.1) is 0 Å². The van der Waals surface area contributed by atoms with Crippen LogP contribution < -0.4 is 0 Å². The Balaban J connectivity index is 3.61. The molecule has 0 saturated heterocycles. The van der Waals surface area contributed by atoms with E-state index in [0.29, 0.717) is 12.4 Å². The summed E-state index contributed by atoms with van der Waals surface area (Å²) in [5.74, 6) is 0.327. The van der Waals surface area contributed by atoms with Crippen LogP contribution in [0.5, 0.6) is 0 Å². The van der Waals surface area contributed by atoms with Gasteiger partial charge in [0.15, 0.2) is 0 Å². The normalized spacial score (nSPS) is 16.5. The van der Waals surface area contributed by atoms with Crippen LogP contribution in [0.2, 0.25) is 0 Å². The summed E-state index contributed by atoms with van der Waals surface area (Å²) in [6.45, 7) is 2.28. The fraction of sp³-hybridized carbons (Fsp3) is 1.00. The number of hydrogen-bond donors (Lipinski definition) is 4. The maximum absolute atomic E-state index is 9.67. The number of rotatable bonds is 12. The van der Waals surface area contributed by atoms with Gasteiger partial charge >= 0.3 is 0 Å². The molecule has 110 valence electrons. The Bertz CT molecular complexity index is 180. The molecule has 0 unspecified atom stereocenters. The second kappa shape index (κ2) is 12.2. The molecule has 0 radical (unpaired) electrons. The highest BCUT2D eigenvalue weighted by atomic mass is 32.1. The first-order valence-electron chi connectivity index (χ1n) is 6.86. The molecule has 0 aliphatic rings. The number of aliphatic hydroxyl groups excluding tert-OH is 3. The van der Waals surface area contributed by atoms with Gasteiger partial charge in [-0.05, 0) is 6.42 Å². The number of hydrogen-bond acceptors (Lipinski definition) is 5. The van der Waals surface area contributed by atoms with Crippen LogP contribution in [0.1, 0.15) is 45.4 Å². The van der Waals surface area contributed by atoms with Gasteiger partial charge in [0.05, 0.1) is 12.7 Å². The molecule has 0 amide bonds. The van der Waals surface area contributed by atoms with Gasteiger partial charge in [0.2, 0.25) is 0 Å². The zero-order valence-corrected chi connectivity index (χ0v) is 12.2. The van der Waals surface area contributed by atoms with E-state index in [2.05, 4.69) is 19.6 Å². The molecule has 0 spiro atoms. The van der Waals surface area contributed by atoms with Gasteiger partial charge in [-0.3, -0.25) is 0 Å². The van der Waals surface area contributed by atoms with Crippen molar-refractivity contribution in [1.82, 2.24) is 0 Å². The summed E-state index contributed by atoms with van der Waals surface area (Å²) in [5, 5.41) is 27.7. The van der Waals surface area contributed by atoms with Gasteiger partial charge in [-0.1, -0.05) is 39.0 Å². The Morgan fingerprint density at radius 1 is 1.06 bits per heavy atom. The zero-order valence-electron chi connectivity index (χ0n) is 11.3. The molecule has 18 heavy (non-hydrogen) atoms. The van der Waals surface area contributed by atoms with E-state index in [4.69, 9.17) is 9.84 Å². The van der Waals surface area contributed by atoms with Crippen molar-refractivity contribution in [1.29, 1.82) is 0 Å². The predicted octanol–water partition coefficient (Wildman–Crippen LogP) is 1.38. The van der Waals surface area contributed by atoms with E-state index in [1.54, 1.807) is 0 Å². The average Bonchev–Trinajstić information content (AvgIpc) is 2.40. The number of thiol groups is 1. The van der Waals surface area contributed by atoms with Crippen molar-refractivity contribution < 1.29 is 20.1 Å². The van der Waals surface area contributed by atoms with Crippen molar-refractivity contribution in [3.8, 4) is 0 Å². The maximum Gasteiger partial charge on any atom is 0.109 e. The van der Waals surface area contributed by atoms with Gasteiger partial charge in [0.1, 0.15) is 12.2 Å². The fourth-order valence-corrected chi connectivity index (χ4v) is 2.05. The van der Waals surface area contributed by atoms with E-state index >= 15 is 0 Å². The Hall–Kier alpha value is 0.190. The molecule has 0 saturated carbocycles. The minimum absolute atomic E-state index is 0.327. The number of unbranched alkanes of at least 4 members (excludes halogenated alkanes) is 5. The lowest BCUT2D eigenvalue weighted by molar-refractivity contribution is -0.0932. The van der Waals surface area contributed by atoms with Crippen molar-refractivity contribution in [3.05, 3.63) is 0 Å². The molecule has 5 heteroatoms. The van der Waals surface area contributed by atoms with Gasteiger partial charge < -0.3 is 20.1 Å². The molecular formula is C13H28O4S. The van der Waals surface area contributed by atoms with Crippen molar-refractivity contribution in [2.45, 2.75) is 63.8 Å². The third-order valence-corrected chi connectivity index (χ3v) is 3.33. The quantitative estimate of drug-likeness (QED) is 0.322. The molecule has 0 aromatic heterocycles. The second-order valence-electron chi connectivity index (χ2n) is 4.60. The van der Waals surface area contributed by atoms with Crippen LogP contribution in [-0.4, -0.2) is 52.6 Å².